The summed E-state index contributed by atoms with van der Waals surface area (Å²) in [5.74, 6) is 4.90. The fourth-order valence-electron chi connectivity index (χ4n) is 10.6. The molecule has 0 aromatic heterocycles. The topological polar surface area (TPSA) is 37.3 Å². The zero-order chi connectivity index (χ0) is 27.5. The summed E-state index contributed by atoms with van der Waals surface area (Å²) in [6, 6.07) is 0. The van der Waals surface area contributed by atoms with E-state index in [1.54, 1.807) is 5.57 Å². The number of fused-ring (bicyclic) bond motifs is 5. The second-order valence-corrected chi connectivity index (χ2v) is 15.4. The molecule has 9 atom stereocenters. The van der Waals surface area contributed by atoms with Gasteiger partial charge in [-0.2, -0.15) is 0 Å². The number of carboxylic acids is 1. The average Bonchev–Trinajstić information content (AvgIpc) is 3.23. The fraction of sp³-hybridized carbons (Fsp3) is 0.917. The summed E-state index contributed by atoms with van der Waals surface area (Å²) < 4.78 is 0. The van der Waals surface area contributed by atoms with Gasteiger partial charge in [-0.25, -0.2) is 0 Å². The van der Waals surface area contributed by atoms with Gasteiger partial charge in [-0.3, -0.25) is 4.79 Å². The number of hydrogen-bond acceptors (Lipinski definition) is 1. The molecule has 0 heterocycles. The molecule has 38 heavy (non-hydrogen) atoms. The van der Waals surface area contributed by atoms with Gasteiger partial charge in [0.1, 0.15) is 0 Å². The van der Waals surface area contributed by atoms with E-state index in [2.05, 4.69) is 47.6 Å². The summed E-state index contributed by atoms with van der Waals surface area (Å²) >= 11 is 0. The maximum Gasteiger partial charge on any atom is 0.306 e. The molecule has 4 aliphatic rings. The minimum atomic E-state index is -0.531. The van der Waals surface area contributed by atoms with Crippen LogP contribution in [0.2, 0.25) is 0 Å². The highest BCUT2D eigenvalue weighted by atomic mass is 16.4. The Morgan fingerprint density at radius 2 is 1.68 bits per heavy atom. The summed E-state index contributed by atoms with van der Waals surface area (Å²) in [4.78, 5) is 12.3. The number of rotatable bonds is 13. The van der Waals surface area contributed by atoms with Gasteiger partial charge in [0.05, 0.1) is 5.92 Å². The number of allylic oxidation sites excluding steroid dienone is 2. The molecule has 0 bridgehead atoms. The van der Waals surface area contributed by atoms with Crippen LogP contribution in [0.15, 0.2) is 11.6 Å². The Kier molecular flexibility index (Phi) is 10.2. The van der Waals surface area contributed by atoms with Crippen LogP contribution in [0.3, 0.4) is 0 Å². The maximum atomic E-state index is 12.3. The van der Waals surface area contributed by atoms with Gasteiger partial charge in [0.25, 0.3) is 0 Å². The SMILES string of the molecule is CCCCCCCC(C(=O)O)[C@H]1CC[C@@]2(C)C(=CC[C@H]3[C@@H]4CC[C@H]([C@H](C)CCCC(C)C)[C@@]4(C)CC[C@@H]32)C1. The molecule has 2 nitrogen and oxygen atoms in total. The van der Waals surface area contributed by atoms with Crippen LogP contribution in [0.4, 0.5) is 0 Å². The van der Waals surface area contributed by atoms with Crippen molar-refractivity contribution in [2.24, 2.45) is 58.2 Å². The smallest absolute Gasteiger partial charge is 0.306 e. The van der Waals surface area contributed by atoms with Crippen molar-refractivity contribution in [3.63, 3.8) is 0 Å². The second-order valence-electron chi connectivity index (χ2n) is 15.4. The lowest BCUT2D eigenvalue weighted by atomic mass is 9.46. The monoisotopic (exact) mass is 526 g/mol. The molecule has 1 unspecified atom stereocenters. The summed E-state index contributed by atoms with van der Waals surface area (Å²) in [5, 5.41) is 10.1. The number of unbranched alkanes of at least 4 members (excludes halogenated alkanes) is 4. The summed E-state index contributed by atoms with van der Waals surface area (Å²) in [7, 11) is 0. The van der Waals surface area contributed by atoms with Crippen molar-refractivity contribution in [2.45, 2.75) is 151 Å². The van der Waals surface area contributed by atoms with Crippen molar-refractivity contribution in [1.82, 2.24) is 0 Å². The lowest BCUT2D eigenvalue weighted by Gasteiger charge is -2.59. The Hall–Kier alpha value is -0.790. The zero-order valence-electron chi connectivity index (χ0n) is 26.1. The Morgan fingerprint density at radius 1 is 0.921 bits per heavy atom. The first-order valence-electron chi connectivity index (χ1n) is 17.0. The molecular formula is C36H62O2. The van der Waals surface area contributed by atoms with Crippen molar-refractivity contribution in [3.8, 4) is 0 Å². The van der Waals surface area contributed by atoms with Crippen molar-refractivity contribution >= 4 is 5.97 Å². The van der Waals surface area contributed by atoms with Gasteiger partial charge in [-0.15, -0.1) is 0 Å². The average molecular weight is 527 g/mol. The van der Waals surface area contributed by atoms with Crippen molar-refractivity contribution < 1.29 is 9.90 Å². The van der Waals surface area contributed by atoms with Crippen LogP contribution >= 0.6 is 0 Å². The molecule has 2 heteroatoms. The lowest BCUT2D eigenvalue weighted by molar-refractivity contribution is -0.144. The van der Waals surface area contributed by atoms with Crippen molar-refractivity contribution in [2.75, 3.05) is 0 Å². The minimum Gasteiger partial charge on any atom is -0.481 e. The molecule has 218 valence electrons. The molecule has 0 aromatic carbocycles. The third-order valence-corrected chi connectivity index (χ3v) is 12.8. The van der Waals surface area contributed by atoms with Crippen LogP contribution < -0.4 is 0 Å². The van der Waals surface area contributed by atoms with Gasteiger partial charge in [0, 0.05) is 0 Å². The first-order chi connectivity index (χ1) is 18.1. The van der Waals surface area contributed by atoms with Gasteiger partial charge >= 0.3 is 5.97 Å². The number of aliphatic carboxylic acids is 1. The highest BCUT2D eigenvalue weighted by molar-refractivity contribution is 5.70. The normalized spacial score (nSPS) is 38.2. The number of carbonyl (C=O) groups is 1. The number of hydrogen-bond donors (Lipinski definition) is 1. The molecule has 4 aliphatic carbocycles. The van der Waals surface area contributed by atoms with Gasteiger partial charge < -0.3 is 5.11 Å². The van der Waals surface area contributed by atoms with E-state index >= 15 is 0 Å². The van der Waals surface area contributed by atoms with E-state index < -0.39 is 5.97 Å². The Balaban J connectivity index is 1.41. The van der Waals surface area contributed by atoms with E-state index in [1.165, 1.54) is 83.5 Å². The van der Waals surface area contributed by atoms with Crippen LogP contribution in [-0.2, 0) is 4.79 Å². The molecule has 0 spiro atoms. The van der Waals surface area contributed by atoms with E-state index in [4.69, 9.17) is 0 Å². The molecule has 3 fully saturated rings. The molecule has 1 N–H and O–H groups in total. The largest absolute Gasteiger partial charge is 0.481 e. The van der Waals surface area contributed by atoms with E-state index in [9.17, 15) is 9.90 Å². The van der Waals surface area contributed by atoms with Crippen LogP contribution in [0, 0.1) is 58.2 Å². The molecule has 0 amide bonds. The predicted molar refractivity (Wildman–Crippen MR) is 161 cm³/mol. The van der Waals surface area contributed by atoms with E-state index in [1.807, 2.05) is 0 Å². The third-order valence-electron chi connectivity index (χ3n) is 12.8. The van der Waals surface area contributed by atoms with Gasteiger partial charge in [0.15, 0.2) is 0 Å². The van der Waals surface area contributed by atoms with Crippen LogP contribution in [-0.4, -0.2) is 11.1 Å². The molecule has 3 saturated carbocycles. The molecule has 4 rings (SSSR count). The van der Waals surface area contributed by atoms with Gasteiger partial charge in [-0.05, 0) is 110 Å². The van der Waals surface area contributed by atoms with E-state index in [-0.39, 0.29) is 5.92 Å². The first-order valence-corrected chi connectivity index (χ1v) is 17.0. The fourth-order valence-corrected chi connectivity index (χ4v) is 10.6. The Bertz CT molecular complexity index is 812. The van der Waals surface area contributed by atoms with E-state index in [0.29, 0.717) is 16.7 Å². The summed E-state index contributed by atoms with van der Waals surface area (Å²) in [6.07, 6.45) is 24.3. The molecule has 0 radical (unpaired) electrons. The maximum absolute atomic E-state index is 12.3. The molecule has 0 aliphatic heterocycles. The molecule has 0 aromatic rings. The van der Waals surface area contributed by atoms with Crippen LogP contribution in [0.25, 0.3) is 0 Å². The molecule has 0 saturated heterocycles. The predicted octanol–water partition coefficient (Wildman–Crippen LogP) is 10.7. The van der Waals surface area contributed by atoms with E-state index in [0.717, 1.165) is 61.2 Å². The quantitative estimate of drug-likeness (QED) is 0.191. The summed E-state index contributed by atoms with van der Waals surface area (Å²) in [5.41, 5.74) is 2.53. The second kappa shape index (κ2) is 12.8. The Labute approximate surface area is 236 Å². The highest BCUT2D eigenvalue weighted by Crippen LogP contribution is 2.67. The lowest BCUT2D eigenvalue weighted by Crippen LogP contribution is -2.51. The van der Waals surface area contributed by atoms with Crippen LogP contribution in [0.5, 0.6) is 0 Å². The standard InChI is InChI=1S/C36H62O2/c1-7-8-9-10-11-15-29(34(37)38)27-20-22-35(5)28(24-27)16-17-30-32-19-18-31(26(4)14-12-13-25(2)3)36(32,6)23-21-33(30)35/h16,25-27,29-33H,7-15,17-24H2,1-6H3,(H,37,38)/t26-,27+,29?,30+,31-,32+,33+,35+,36-/m1/s1. The van der Waals surface area contributed by atoms with Gasteiger partial charge in [0.2, 0.25) is 0 Å². The van der Waals surface area contributed by atoms with Crippen molar-refractivity contribution in [1.29, 1.82) is 0 Å². The highest BCUT2D eigenvalue weighted by Gasteiger charge is 2.59. The summed E-state index contributed by atoms with van der Waals surface area (Å²) in [6.45, 7) is 14.9. The third kappa shape index (κ3) is 6.10. The van der Waals surface area contributed by atoms with Crippen LogP contribution in [0.1, 0.15) is 151 Å². The Morgan fingerprint density at radius 3 is 2.39 bits per heavy atom. The number of carboxylic acid groups (broad SMARTS) is 1. The molecular weight excluding hydrogens is 464 g/mol. The minimum absolute atomic E-state index is 0.137. The first kappa shape index (κ1) is 30.2. The van der Waals surface area contributed by atoms with Crippen molar-refractivity contribution in [3.05, 3.63) is 11.6 Å². The zero-order valence-corrected chi connectivity index (χ0v) is 26.1. The van der Waals surface area contributed by atoms with Gasteiger partial charge in [-0.1, -0.05) is 105 Å².